The number of hydrogen-bond donors (Lipinski definition) is 1. The summed E-state index contributed by atoms with van der Waals surface area (Å²) < 4.78 is 5.58. The molecule has 1 aromatic heterocycles. The van der Waals surface area contributed by atoms with Crippen molar-refractivity contribution in [2.24, 2.45) is 0 Å². The molecule has 0 saturated carbocycles. The van der Waals surface area contributed by atoms with Crippen molar-refractivity contribution in [3.63, 3.8) is 0 Å². The third kappa shape index (κ3) is 3.08. The molecule has 110 valence electrons. The van der Waals surface area contributed by atoms with E-state index >= 15 is 0 Å². The smallest absolute Gasteiger partial charge is 0.137 e. The highest BCUT2D eigenvalue weighted by Gasteiger charge is 2.16. The van der Waals surface area contributed by atoms with Crippen LogP contribution in [0.5, 0.6) is 5.75 Å². The molecule has 1 aliphatic rings. The van der Waals surface area contributed by atoms with Crippen LogP contribution < -0.4 is 4.74 Å². The van der Waals surface area contributed by atoms with Gasteiger partial charge in [0.25, 0.3) is 0 Å². The maximum atomic E-state index is 10.6. The lowest BCUT2D eigenvalue weighted by Gasteiger charge is -2.14. The molecule has 2 aromatic rings. The van der Waals surface area contributed by atoms with Crippen LogP contribution in [-0.2, 0) is 12.8 Å². The lowest BCUT2D eigenvalue weighted by Crippen LogP contribution is -2.03. The minimum atomic E-state index is -0.645. The topological polar surface area (TPSA) is 42.4 Å². The Kier molecular flexibility index (Phi) is 4.20. The minimum absolute atomic E-state index is 0.645. The van der Waals surface area contributed by atoms with Gasteiger partial charge in [0.05, 0.1) is 12.8 Å². The largest absolute Gasteiger partial charge is 0.492 e. The van der Waals surface area contributed by atoms with Gasteiger partial charge < -0.3 is 9.84 Å². The lowest BCUT2D eigenvalue weighted by atomic mass is 9.99. The number of aliphatic hydroxyl groups excluding tert-OH is 1. The molecule has 1 aromatic carbocycles. The fourth-order valence-electron chi connectivity index (χ4n) is 2.84. The SMILES string of the molecule is CCCOc1cncc(C(O)c2ccc3c(c2)CCC3)c1. The van der Waals surface area contributed by atoms with E-state index in [2.05, 4.69) is 24.0 Å². The predicted octanol–water partition coefficient (Wildman–Crippen LogP) is 3.44. The summed E-state index contributed by atoms with van der Waals surface area (Å²) in [6.07, 6.45) is 7.20. The normalized spacial score (nSPS) is 14.8. The molecular formula is C18H21NO2. The highest BCUT2D eigenvalue weighted by molar-refractivity contribution is 5.39. The number of aliphatic hydroxyl groups is 1. The van der Waals surface area contributed by atoms with Crippen molar-refractivity contribution in [2.45, 2.75) is 38.7 Å². The Morgan fingerprint density at radius 1 is 1.14 bits per heavy atom. The van der Waals surface area contributed by atoms with Crippen LogP contribution in [0.4, 0.5) is 0 Å². The van der Waals surface area contributed by atoms with Crippen LogP contribution in [0.15, 0.2) is 36.7 Å². The fourth-order valence-corrected chi connectivity index (χ4v) is 2.84. The Morgan fingerprint density at radius 2 is 2.00 bits per heavy atom. The zero-order valence-electron chi connectivity index (χ0n) is 12.4. The van der Waals surface area contributed by atoms with Gasteiger partial charge in [-0.25, -0.2) is 0 Å². The number of fused-ring (bicyclic) bond motifs is 1. The average Bonchev–Trinajstić information content (AvgIpc) is 3.00. The summed E-state index contributed by atoms with van der Waals surface area (Å²) >= 11 is 0. The highest BCUT2D eigenvalue weighted by atomic mass is 16.5. The Morgan fingerprint density at radius 3 is 2.86 bits per heavy atom. The number of ether oxygens (including phenoxy) is 1. The summed E-state index contributed by atoms with van der Waals surface area (Å²) in [4.78, 5) is 4.17. The van der Waals surface area contributed by atoms with Gasteiger partial charge in [-0.05, 0) is 48.4 Å². The average molecular weight is 283 g/mol. The van der Waals surface area contributed by atoms with Crippen molar-refractivity contribution >= 4 is 0 Å². The summed E-state index contributed by atoms with van der Waals surface area (Å²) in [5, 5.41) is 10.6. The summed E-state index contributed by atoms with van der Waals surface area (Å²) in [7, 11) is 0. The molecule has 21 heavy (non-hydrogen) atoms. The molecule has 1 unspecified atom stereocenters. The van der Waals surface area contributed by atoms with E-state index in [0.29, 0.717) is 6.61 Å². The Hall–Kier alpha value is -1.87. The first-order valence-corrected chi connectivity index (χ1v) is 7.65. The number of aromatic nitrogens is 1. The number of nitrogens with zero attached hydrogens (tertiary/aromatic N) is 1. The van der Waals surface area contributed by atoms with E-state index in [0.717, 1.165) is 36.1 Å². The molecule has 1 heterocycles. The third-order valence-corrected chi connectivity index (χ3v) is 3.96. The molecule has 0 saturated heterocycles. The molecule has 0 radical (unpaired) electrons. The third-order valence-electron chi connectivity index (χ3n) is 3.96. The molecule has 0 amide bonds. The summed E-state index contributed by atoms with van der Waals surface area (Å²) in [5.41, 5.74) is 4.51. The monoisotopic (exact) mass is 283 g/mol. The highest BCUT2D eigenvalue weighted by Crippen LogP contribution is 2.29. The zero-order valence-corrected chi connectivity index (χ0v) is 12.4. The van der Waals surface area contributed by atoms with Crippen molar-refractivity contribution in [2.75, 3.05) is 6.61 Å². The maximum absolute atomic E-state index is 10.6. The standard InChI is InChI=1S/C18H21NO2/c1-2-8-21-17-10-16(11-19-12-17)18(20)15-7-6-13-4-3-5-14(13)9-15/h6-7,9-12,18,20H,2-5,8H2,1H3. The van der Waals surface area contributed by atoms with E-state index in [1.54, 1.807) is 12.4 Å². The van der Waals surface area contributed by atoms with Crippen LogP contribution in [0.25, 0.3) is 0 Å². The predicted molar refractivity (Wildman–Crippen MR) is 82.6 cm³/mol. The van der Waals surface area contributed by atoms with E-state index in [1.807, 2.05) is 12.1 Å². The second-order valence-electron chi connectivity index (χ2n) is 5.59. The first-order chi connectivity index (χ1) is 10.3. The summed E-state index contributed by atoms with van der Waals surface area (Å²) in [6, 6.07) is 8.17. The van der Waals surface area contributed by atoms with Gasteiger partial charge in [0.2, 0.25) is 0 Å². The molecule has 0 fully saturated rings. The van der Waals surface area contributed by atoms with Crippen molar-refractivity contribution in [1.29, 1.82) is 0 Å². The molecule has 3 rings (SSSR count). The molecule has 3 nitrogen and oxygen atoms in total. The van der Waals surface area contributed by atoms with E-state index < -0.39 is 6.10 Å². The first-order valence-electron chi connectivity index (χ1n) is 7.65. The van der Waals surface area contributed by atoms with Crippen molar-refractivity contribution < 1.29 is 9.84 Å². The number of aryl methyl sites for hydroxylation is 2. The molecule has 0 bridgehead atoms. The van der Waals surface area contributed by atoms with Gasteiger partial charge in [0.15, 0.2) is 0 Å². The van der Waals surface area contributed by atoms with Crippen LogP contribution in [0, 0.1) is 0 Å². The molecule has 1 aliphatic carbocycles. The zero-order chi connectivity index (χ0) is 14.7. The number of benzene rings is 1. The molecule has 3 heteroatoms. The molecule has 1 N–H and O–H groups in total. The van der Waals surface area contributed by atoms with E-state index in [-0.39, 0.29) is 0 Å². The second-order valence-corrected chi connectivity index (χ2v) is 5.59. The van der Waals surface area contributed by atoms with E-state index in [4.69, 9.17) is 4.74 Å². The number of pyridine rings is 1. The summed E-state index contributed by atoms with van der Waals surface area (Å²) in [5.74, 6) is 0.717. The number of rotatable bonds is 5. The van der Waals surface area contributed by atoms with E-state index in [1.165, 1.54) is 17.5 Å². The molecular weight excluding hydrogens is 262 g/mol. The Labute approximate surface area is 125 Å². The summed E-state index contributed by atoms with van der Waals surface area (Å²) in [6.45, 7) is 2.73. The Bertz CT molecular complexity index is 624. The quantitative estimate of drug-likeness (QED) is 0.914. The lowest BCUT2D eigenvalue weighted by molar-refractivity contribution is 0.218. The van der Waals surface area contributed by atoms with Crippen LogP contribution >= 0.6 is 0 Å². The van der Waals surface area contributed by atoms with Crippen LogP contribution in [-0.4, -0.2) is 16.7 Å². The van der Waals surface area contributed by atoms with Gasteiger partial charge in [0, 0.05) is 11.8 Å². The molecule has 0 aliphatic heterocycles. The van der Waals surface area contributed by atoms with Gasteiger partial charge in [-0.15, -0.1) is 0 Å². The van der Waals surface area contributed by atoms with Crippen LogP contribution in [0.3, 0.4) is 0 Å². The van der Waals surface area contributed by atoms with Gasteiger partial charge in [-0.3, -0.25) is 4.98 Å². The van der Waals surface area contributed by atoms with Gasteiger partial charge >= 0.3 is 0 Å². The minimum Gasteiger partial charge on any atom is -0.492 e. The fraction of sp³-hybridized carbons (Fsp3) is 0.389. The molecule has 0 spiro atoms. The van der Waals surface area contributed by atoms with Crippen molar-refractivity contribution in [1.82, 2.24) is 4.98 Å². The van der Waals surface area contributed by atoms with Gasteiger partial charge in [-0.2, -0.15) is 0 Å². The maximum Gasteiger partial charge on any atom is 0.137 e. The van der Waals surface area contributed by atoms with Gasteiger partial charge in [0.1, 0.15) is 11.9 Å². The van der Waals surface area contributed by atoms with Crippen molar-refractivity contribution in [3.05, 3.63) is 58.9 Å². The Balaban J connectivity index is 1.82. The van der Waals surface area contributed by atoms with Crippen LogP contribution in [0.2, 0.25) is 0 Å². The van der Waals surface area contributed by atoms with E-state index in [9.17, 15) is 5.11 Å². The molecule has 1 atom stereocenters. The number of hydrogen-bond acceptors (Lipinski definition) is 3. The second kappa shape index (κ2) is 6.27. The van der Waals surface area contributed by atoms with Crippen molar-refractivity contribution in [3.8, 4) is 5.75 Å². The van der Waals surface area contributed by atoms with Gasteiger partial charge in [-0.1, -0.05) is 25.1 Å². The van der Waals surface area contributed by atoms with Crippen LogP contribution in [0.1, 0.15) is 48.1 Å². The first kappa shape index (κ1) is 14.1.